The number of hydrogen-bond acceptors (Lipinski definition) is 2. The van der Waals surface area contributed by atoms with Crippen LogP contribution in [0.15, 0.2) is 24.3 Å². The Morgan fingerprint density at radius 3 is 2.10 bits per heavy atom. The summed E-state index contributed by atoms with van der Waals surface area (Å²) < 4.78 is 0. The maximum Gasteiger partial charge on any atom is 0.251 e. The lowest BCUT2D eigenvalue weighted by atomic mass is 9.87. The third-order valence-electron chi connectivity index (χ3n) is 3.22. The van der Waals surface area contributed by atoms with Crippen molar-refractivity contribution in [1.82, 2.24) is 10.6 Å². The predicted octanol–water partition coefficient (Wildman–Crippen LogP) is 2.63. The van der Waals surface area contributed by atoms with Crippen molar-refractivity contribution in [2.75, 3.05) is 13.1 Å². The molecule has 0 fully saturated rings. The predicted molar refractivity (Wildman–Crippen MR) is 85.4 cm³/mol. The van der Waals surface area contributed by atoms with Gasteiger partial charge in [0.1, 0.15) is 0 Å². The Morgan fingerprint density at radius 1 is 1.00 bits per heavy atom. The summed E-state index contributed by atoms with van der Waals surface area (Å²) in [6.45, 7) is 9.28. The highest BCUT2D eigenvalue weighted by Crippen LogP contribution is 2.22. The van der Waals surface area contributed by atoms with Crippen molar-refractivity contribution in [2.24, 2.45) is 0 Å². The third kappa shape index (κ3) is 5.98. The topological polar surface area (TPSA) is 58.2 Å². The van der Waals surface area contributed by atoms with E-state index in [-0.39, 0.29) is 17.2 Å². The summed E-state index contributed by atoms with van der Waals surface area (Å²) in [6, 6.07) is 7.65. The molecule has 2 amide bonds. The van der Waals surface area contributed by atoms with Crippen LogP contribution < -0.4 is 10.6 Å². The standard InChI is InChI=1S/C17H26N2O2/c1-5-6-15(20)18-11-12-19-16(21)13-7-9-14(10-8-13)17(2,3)4/h7-10H,5-6,11-12H2,1-4H3,(H,18,20)(H,19,21). The molecule has 2 N–H and O–H groups in total. The lowest BCUT2D eigenvalue weighted by Crippen LogP contribution is -2.34. The highest BCUT2D eigenvalue weighted by atomic mass is 16.2. The maximum absolute atomic E-state index is 12.0. The summed E-state index contributed by atoms with van der Waals surface area (Å²) in [6.07, 6.45) is 1.36. The van der Waals surface area contributed by atoms with Crippen LogP contribution in [0.4, 0.5) is 0 Å². The van der Waals surface area contributed by atoms with Crippen molar-refractivity contribution in [3.63, 3.8) is 0 Å². The van der Waals surface area contributed by atoms with Gasteiger partial charge in [-0.05, 0) is 29.5 Å². The fourth-order valence-corrected chi connectivity index (χ4v) is 1.92. The van der Waals surface area contributed by atoms with Crippen LogP contribution in [0.25, 0.3) is 0 Å². The molecule has 0 aliphatic carbocycles. The summed E-state index contributed by atoms with van der Waals surface area (Å²) in [4.78, 5) is 23.2. The Labute approximate surface area is 127 Å². The van der Waals surface area contributed by atoms with Gasteiger partial charge in [-0.15, -0.1) is 0 Å². The van der Waals surface area contributed by atoms with Gasteiger partial charge in [0.25, 0.3) is 5.91 Å². The fourth-order valence-electron chi connectivity index (χ4n) is 1.92. The SMILES string of the molecule is CCCC(=O)NCCNC(=O)c1ccc(C(C)(C)C)cc1. The van der Waals surface area contributed by atoms with Gasteiger partial charge in [0.15, 0.2) is 0 Å². The zero-order valence-corrected chi connectivity index (χ0v) is 13.5. The smallest absolute Gasteiger partial charge is 0.251 e. The van der Waals surface area contributed by atoms with Crippen LogP contribution in [0.3, 0.4) is 0 Å². The lowest BCUT2D eigenvalue weighted by Gasteiger charge is -2.19. The van der Waals surface area contributed by atoms with E-state index in [2.05, 4.69) is 31.4 Å². The van der Waals surface area contributed by atoms with Gasteiger partial charge < -0.3 is 10.6 Å². The van der Waals surface area contributed by atoms with E-state index in [4.69, 9.17) is 0 Å². The van der Waals surface area contributed by atoms with Crippen molar-refractivity contribution >= 4 is 11.8 Å². The Bertz CT molecular complexity index is 473. The van der Waals surface area contributed by atoms with Gasteiger partial charge in [-0.2, -0.15) is 0 Å². The normalized spacial score (nSPS) is 11.0. The molecule has 0 spiro atoms. The minimum Gasteiger partial charge on any atom is -0.354 e. The minimum atomic E-state index is -0.111. The monoisotopic (exact) mass is 290 g/mol. The van der Waals surface area contributed by atoms with Crippen LogP contribution in [-0.4, -0.2) is 24.9 Å². The summed E-state index contributed by atoms with van der Waals surface area (Å²) in [7, 11) is 0. The Balaban J connectivity index is 2.41. The van der Waals surface area contributed by atoms with E-state index in [1.165, 1.54) is 5.56 Å². The third-order valence-corrected chi connectivity index (χ3v) is 3.22. The molecule has 0 atom stereocenters. The first-order valence-electron chi connectivity index (χ1n) is 7.50. The molecule has 0 bridgehead atoms. The highest BCUT2D eigenvalue weighted by Gasteiger charge is 2.14. The second-order valence-electron chi connectivity index (χ2n) is 6.18. The van der Waals surface area contributed by atoms with Crippen LogP contribution in [0, 0.1) is 0 Å². The van der Waals surface area contributed by atoms with Gasteiger partial charge in [-0.25, -0.2) is 0 Å². The molecule has 0 heterocycles. The van der Waals surface area contributed by atoms with Crippen molar-refractivity contribution in [2.45, 2.75) is 46.0 Å². The first kappa shape index (κ1) is 17.2. The van der Waals surface area contributed by atoms with E-state index in [1.54, 1.807) is 0 Å². The van der Waals surface area contributed by atoms with Crippen LogP contribution in [0.2, 0.25) is 0 Å². The van der Waals surface area contributed by atoms with Crippen molar-refractivity contribution in [1.29, 1.82) is 0 Å². The number of rotatable bonds is 6. The van der Waals surface area contributed by atoms with E-state index in [0.29, 0.717) is 25.1 Å². The van der Waals surface area contributed by atoms with Crippen LogP contribution in [0.5, 0.6) is 0 Å². The van der Waals surface area contributed by atoms with Gasteiger partial charge in [-0.3, -0.25) is 9.59 Å². The second kappa shape index (κ2) is 7.81. The number of benzene rings is 1. The summed E-state index contributed by atoms with van der Waals surface area (Å²) in [5.74, 6) is -0.0820. The molecular formula is C17H26N2O2. The summed E-state index contributed by atoms with van der Waals surface area (Å²) in [5.41, 5.74) is 1.92. The van der Waals surface area contributed by atoms with Gasteiger partial charge in [0, 0.05) is 25.1 Å². The average Bonchev–Trinajstić information content (AvgIpc) is 2.43. The molecule has 21 heavy (non-hydrogen) atoms. The first-order chi connectivity index (χ1) is 9.84. The molecule has 1 aromatic carbocycles. The first-order valence-corrected chi connectivity index (χ1v) is 7.50. The van der Waals surface area contributed by atoms with Crippen LogP contribution in [0.1, 0.15) is 56.5 Å². The molecule has 0 saturated carbocycles. The average molecular weight is 290 g/mol. The number of nitrogens with one attached hydrogen (secondary N) is 2. The van der Waals surface area contributed by atoms with Gasteiger partial charge >= 0.3 is 0 Å². The fraction of sp³-hybridized carbons (Fsp3) is 0.529. The number of hydrogen-bond donors (Lipinski definition) is 2. The molecule has 116 valence electrons. The number of carbonyl (C=O) groups is 2. The van der Waals surface area contributed by atoms with E-state index in [1.807, 2.05) is 31.2 Å². The van der Waals surface area contributed by atoms with Crippen molar-refractivity contribution in [3.05, 3.63) is 35.4 Å². The molecule has 0 aromatic heterocycles. The minimum absolute atomic E-state index is 0.0290. The number of carbonyl (C=O) groups excluding carboxylic acids is 2. The molecular weight excluding hydrogens is 264 g/mol. The van der Waals surface area contributed by atoms with E-state index >= 15 is 0 Å². The molecule has 0 aliphatic heterocycles. The zero-order valence-electron chi connectivity index (χ0n) is 13.5. The molecule has 4 heteroatoms. The molecule has 4 nitrogen and oxygen atoms in total. The summed E-state index contributed by atoms with van der Waals surface area (Å²) >= 11 is 0. The van der Waals surface area contributed by atoms with Crippen LogP contribution in [-0.2, 0) is 10.2 Å². The molecule has 0 saturated heterocycles. The van der Waals surface area contributed by atoms with E-state index in [9.17, 15) is 9.59 Å². The second-order valence-corrected chi connectivity index (χ2v) is 6.18. The Kier molecular flexibility index (Phi) is 6.40. The molecule has 1 aromatic rings. The zero-order chi connectivity index (χ0) is 15.9. The summed E-state index contributed by atoms with van der Waals surface area (Å²) in [5, 5.41) is 5.57. The maximum atomic E-state index is 12.0. The van der Waals surface area contributed by atoms with Crippen molar-refractivity contribution in [3.8, 4) is 0 Å². The van der Waals surface area contributed by atoms with Gasteiger partial charge in [0.2, 0.25) is 5.91 Å². The van der Waals surface area contributed by atoms with E-state index in [0.717, 1.165) is 6.42 Å². The highest BCUT2D eigenvalue weighted by molar-refractivity contribution is 5.94. The quantitative estimate of drug-likeness (QED) is 0.791. The van der Waals surface area contributed by atoms with Crippen LogP contribution >= 0.6 is 0 Å². The molecule has 0 radical (unpaired) electrons. The Morgan fingerprint density at radius 2 is 1.57 bits per heavy atom. The Hall–Kier alpha value is -1.84. The van der Waals surface area contributed by atoms with Gasteiger partial charge in [-0.1, -0.05) is 39.8 Å². The lowest BCUT2D eigenvalue weighted by molar-refractivity contribution is -0.121. The molecule has 0 aliphatic rings. The van der Waals surface area contributed by atoms with E-state index < -0.39 is 0 Å². The number of amides is 2. The largest absolute Gasteiger partial charge is 0.354 e. The molecule has 0 unspecified atom stereocenters. The van der Waals surface area contributed by atoms with Crippen molar-refractivity contribution < 1.29 is 9.59 Å². The van der Waals surface area contributed by atoms with Gasteiger partial charge in [0.05, 0.1) is 0 Å². The molecule has 1 rings (SSSR count).